The number of alkyl halides is 1. The molecular weight excluding hydrogens is 1720 g/mol. The molecular formula is C83H89FILiN10O27. The van der Waals surface area contributed by atoms with Crippen molar-refractivity contribution in [2.75, 3.05) is 112 Å². The molecule has 2 aliphatic heterocycles. The number of ether oxygens (including phenoxy) is 7. The number of carbonyl (C=O) groups excluding carboxylic acids is 7. The number of nitro groups is 2. The number of fused-ring (bicyclic) bond motifs is 2. The van der Waals surface area contributed by atoms with E-state index in [4.69, 9.17) is 48.5 Å². The zero-order valence-corrected chi connectivity index (χ0v) is 68.6. The number of rotatable bonds is 17. The van der Waals surface area contributed by atoms with Crippen LogP contribution < -0.4 is 62.6 Å². The van der Waals surface area contributed by atoms with Gasteiger partial charge in [0, 0.05) is 39.5 Å². The number of carboxylic acid groups (broad SMARTS) is 3. The molecule has 18 N–H and O–H groups in total. The minimum absolute atomic E-state index is 0. The Balaban J connectivity index is 0.00000144. The largest absolute Gasteiger partial charge is 1.00 e. The van der Waals surface area contributed by atoms with Crippen LogP contribution in [0, 0.1) is 26.0 Å². The number of amides is 1. The number of aliphatic hydroxyl groups is 1. The van der Waals surface area contributed by atoms with Gasteiger partial charge in [0.05, 0.1) is 165 Å². The molecule has 0 atom stereocenters. The van der Waals surface area contributed by atoms with Crippen molar-refractivity contribution in [2.45, 2.75) is 20.3 Å². The van der Waals surface area contributed by atoms with E-state index in [9.17, 15) is 72.6 Å². The Kier molecular flexibility index (Phi) is 48.4. The van der Waals surface area contributed by atoms with E-state index in [-0.39, 0.29) is 93.6 Å². The van der Waals surface area contributed by atoms with Crippen LogP contribution in [0.3, 0.4) is 0 Å². The second-order valence-electron chi connectivity index (χ2n) is 23.2. The molecule has 10 aromatic rings. The standard InChI is InChI=1S/C16H14N2O6.C16H16N2O4.C14H12N2O4.C14H10N2O3.C8H6FNO4.C8H9NO2.C4H8O.CH3I.CH4O.CH4.Li.2H2O/c1-23-15(19)10-7-8-13(14(9-10)18(21)22)17-12-6-4-3-5-11(12)16(20)24-2;1-21-15(19)10-7-8-14(12(17)9-10)18-13-6-4-3-5-11(13)16(20)22-2;15-10-7-8(13(17)18)5-6-12(10)16-11-4-2-1-3-9(11)14(19)20;17-13-9-3-1-2-4-10(9)15-11-6-5-8(14(18)19)7-12(11)16-13;1-14-8(11)5-2-3-6(9)7(4-5)10(12)13;1-11-8(10)6-4-2-3-5-7(6)9;1-2-4-5-3-1;2*1-2;;;;/h3-9,17H,1-2H3;3-9,18H,17H2,1-2H3;1-7,16H,15H2,(H,17,18)(H,19,20);1-7,15H,(H,16,17)(H,18,19);2-4H,1H3;2-5H,9H2,1H3;1-4H2;1H3;2H,1H3;1H4;;2*1H2/q;;;;;;;;;;+1;;/p-1/i;;;;;;;1D;;;;;. The van der Waals surface area contributed by atoms with Gasteiger partial charge in [-0.25, -0.2) is 43.2 Å². The van der Waals surface area contributed by atoms with E-state index >= 15 is 0 Å². The monoisotopic (exact) mass is 1810 g/mol. The zero-order valence-electron chi connectivity index (χ0n) is 67.4. The number of nitrogens with one attached hydrogen (secondary N) is 5. The summed E-state index contributed by atoms with van der Waals surface area (Å²) in [6.45, 7) is 2.00. The van der Waals surface area contributed by atoms with Crippen molar-refractivity contribution in [1.29, 1.82) is 0 Å². The first-order valence-corrected chi connectivity index (χ1v) is 35.8. The van der Waals surface area contributed by atoms with Gasteiger partial charge in [-0.1, -0.05) is 90.7 Å². The number of benzene rings is 10. The van der Waals surface area contributed by atoms with Crippen LogP contribution in [-0.4, -0.2) is 169 Å². The van der Waals surface area contributed by atoms with Crippen LogP contribution in [0.5, 0.6) is 0 Å². The number of carboxylic acids is 3. The number of nitro benzene ring substituents is 2. The summed E-state index contributed by atoms with van der Waals surface area (Å²) >= 11 is 1.96. The predicted molar refractivity (Wildman–Crippen MR) is 461 cm³/mol. The normalized spacial score (nSPS) is 10.4. The average Bonchev–Trinajstić information content (AvgIpc) is 1.46. The van der Waals surface area contributed by atoms with Crippen LogP contribution >= 0.6 is 22.6 Å². The summed E-state index contributed by atoms with van der Waals surface area (Å²) in [6, 6.07) is 53.8. The van der Waals surface area contributed by atoms with Gasteiger partial charge in [0.2, 0.25) is 5.82 Å². The molecule has 12 rings (SSSR count). The average molecular weight is 1810 g/mol. The number of esters is 6. The van der Waals surface area contributed by atoms with E-state index in [1.54, 1.807) is 121 Å². The third kappa shape index (κ3) is 32.9. The van der Waals surface area contributed by atoms with E-state index < -0.39 is 75.1 Å². The van der Waals surface area contributed by atoms with Crippen molar-refractivity contribution >= 4 is 162 Å². The van der Waals surface area contributed by atoms with Gasteiger partial charge in [-0.2, -0.15) is 4.39 Å². The van der Waals surface area contributed by atoms with E-state index in [2.05, 4.69) is 50.3 Å². The smallest absolute Gasteiger partial charge is 0.870 e. The second-order valence-corrected chi connectivity index (χ2v) is 23.2. The number of aromatic carboxylic acids is 3. The number of aliphatic hydroxyl groups excluding tert-OH is 1. The van der Waals surface area contributed by atoms with Crippen LogP contribution in [0.2, 0.25) is 0 Å². The molecule has 0 aromatic heterocycles. The minimum Gasteiger partial charge on any atom is -0.870 e. The molecule has 1 amide bonds. The van der Waals surface area contributed by atoms with Gasteiger partial charge in [-0.05, 0) is 157 Å². The number of anilines is 12. The topological polar surface area (TPSA) is 602 Å². The third-order valence-corrected chi connectivity index (χ3v) is 15.7. The van der Waals surface area contributed by atoms with Gasteiger partial charge in [-0.15, -0.1) is 0 Å². The Hall–Kier alpha value is -14.6. The number of nitrogens with zero attached hydrogens (tertiary/aromatic N) is 2. The molecule has 2 aliphatic rings. The van der Waals surface area contributed by atoms with E-state index in [0.29, 0.717) is 84.0 Å². The Labute approximate surface area is 730 Å². The predicted octanol–water partition coefficient (Wildman–Crippen LogP) is 11.3. The number of para-hydroxylation sites is 5. The van der Waals surface area contributed by atoms with Crippen LogP contribution in [-0.2, 0) is 33.2 Å². The molecule has 0 spiro atoms. The molecule has 1 fully saturated rings. The summed E-state index contributed by atoms with van der Waals surface area (Å²) in [5.41, 5.74) is 23.6. The van der Waals surface area contributed by atoms with Gasteiger partial charge in [-0.3, -0.25) is 25.0 Å². The van der Waals surface area contributed by atoms with Crippen LogP contribution in [0.1, 0.15) is 125 Å². The molecule has 10 aromatic carbocycles. The van der Waals surface area contributed by atoms with Crippen LogP contribution in [0.4, 0.5) is 84.0 Å². The van der Waals surface area contributed by atoms with Gasteiger partial charge < -0.3 is 108 Å². The maximum Gasteiger partial charge on any atom is 1.00 e. The first kappa shape index (κ1) is 106. The summed E-state index contributed by atoms with van der Waals surface area (Å²) < 4.78 is 51.4. The van der Waals surface area contributed by atoms with Crippen molar-refractivity contribution in [1.82, 2.24) is 0 Å². The van der Waals surface area contributed by atoms with E-state index in [1.165, 1.54) is 109 Å². The first-order valence-electron chi connectivity index (χ1n) is 34.9. The Morgan fingerprint density at radius 2 is 0.789 bits per heavy atom. The third-order valence-electron chi connectivity index (χ3n) is 15.7. The van der Waals surface area contributed by atoms with Gasteiger partial charge >= 0.3 is 78.3 Å². The molecule has 0 radical (unpaired) electrons. The maximum atomic E-state index is 12.8. The molecule has 0 unspecified atom stereocenters. The summed E-state index contributed by atoms with van der Waals surface area (Å²) in [5.74, 6) is -7.72. The molecule has 123 heavy (non-hydrogen) atoms. The fourth-order valence-corrected chi connectivity index (χ4v) is 9.95. The van der Waals surface area contributed by atoms with E-state index in [0.717, 1.165) is 51.7 Å². The molecule has 1 saturated heterocycles. The van der Waals surface area contributed by atoms with Crippen molar-refractivity contribution in [3.05, 3.63) is 294 Å². The Bertz CT molecular complexity index is 5300. The second kappa shape index (κ2) is 56.0. The van der Waals surface area contributed by atoms with E-state index in [1.807, 2.05) is 28.7 Å². The zero-order chi connectivity index (χ0) is 89.1. The number of halogens is 2. The molecule has 0 saturated carbocycles. The number of carbonyl (C=O) groups is 10. The fraction of sp³-hybridized carbons (Fsp3) is 0.157. The Morgan fingerprint density at radius 1 is 0.439 bits per heavy atom. The first-order chi connectivity index (χ1) is 57.4. The molecule has 648 valence electrons. The molecule has 2 heterocycles. The molecule has 40 heteroatoms. The summed E-state index contributed by atoms with van der Waals surface area (Å²) in [4.78, 5) is 134. The van der Waals surface area contributed by atoms with Gasteiger partial charge in [0.1, 0.15) is 5.69 Å². The molecule has 37 nitrogen and oxygen atoms in total. The molecule has 0 aliphatic carbocycles. The summed E-state index contributed by atoms with van der Waals surface area (Å²) in [5, 5.41) is 70.1. The number of nitrogen functional groups attached to an aromatic ring is 3. The SMILES string of the molecule is C.C1CCOC1.CO.COC(=O)c1ccc(F)c([N+](=O)[O-])c1.COC(=O)c1ccc(Nc2ccccc2C(=O)OC)c(N)c1.COC(=O)c1ccc(Nc2ccccc2C(=O)OC)c([N+](=O)[O-])c1.COC(=O)c1ccccc1N.Nc1cc(C(=O)O)ccc1Nc1ccccc1C(=O)O.O.O=C(O)c1ccc2c(c1)NC(=O)c1ccccc1N2.[2H]CI.[Li+].[OH-]. The Morgan fingerprint density at radius 3 is 1.21 bits per heavy atom. The number of hydrogen-bond acceptors (Lipinski definition) is 30. The van der Waals surface area contributed by atoms with Gasteiger partial charge in [0.25, 0.3) is 11.6 Å². The van der Waals surface area contributed by atoms with Crippen molar-refractivity contribution in [3.8, 4) is 0 Å². The summed E-state index contributed by atoms with van der Waals surface area (Å²) in [7, 11) is 8.52. The van der Waals surface area contributed by atoms with Crippen LogP contribution in [0.25, 0.3) is 0 Å². The van der Waals surface area contributed by atoms with Gasteiger partial charge in [0.15, 0.2) is 0 Å². The number of methoxy groups -OCH3 is 6. The number of nitrogens with two attached hydrogens (primary N) is 3. The number of hydrogen-bond donors (Lipinski definition) is 12. The quantitative estimate of drug-likeness (QED) is 0.00589. The van der Waals surface area contributed by atoms with Crippen molar-refractivity contribution < 1.29 is 147 Å². The molecule has 0 bridgehead atoms. The summed E-state index contributed by atoms with van der Waals surface area (Å²) in [6.07, 6.45) is 2.56. The maximum absolute atomic E-state index is 12.8. The van der Waals surface area contributed by atoms with Crippen molar-refractivity contribution in [3.63, 3.8) is 0 Å². The fourth-order valence-electron chi connectivity index (χ4n) is 9.95. The van der Waals surface area contributed by atoms with Crippen LogP contribution in [0.15, 0.2) is 212 Å². The minimum atomic E-state index is -1.07. The van der Waals surface area contributed by atoms with Crippen molar-refractivity contribution in [2.24, 2.45) is 0 Å².